The van der Waals surface area contributed by atoms with E-state index in [1.165, 1.54) is 12.1 Å². The molecule has 0 aromatic heterocycles. The lowest BCUT2D eigenvalue weighted by molar-refractivity contribution is -0.131. The van der Waals surface area contributed by atoms with Crippen molar-refractivity contribution >= 4 is 15.7 Å². The van der Waals surface area contributed by atoms with E-state index in [0.717, 1.165) is 6.42 Å². The van der Waals surface area contributed by atoms with Gasteiger partial charge < -0.3 is 4.90 Å². The van der Waals surface area contributed by atoms with E-state index in [4.69, 9.17) is 0 Å². The van der Waals surface area contributed by atoms with Gasteiger partial charge in [-0.05, 0) is 18.9 Å². The third-order valence-corrected chi connectivity index (χ3v) is 5.92. The number of carbonyl (C=O) groups excluding carboxylic acids is 1. The maximum absolute atomic E-state index is 13.9. The molecule has 0 aliphatic carbocycles. The molecule has 1 aromatic rings. The van der Waals surface area contributed by atoms with E-state index in [9.17, 15) is 17.6 Å². The summed E-state index contributed by atoms with van der Waals surface area (Å²) in [6.07, 6.45) is 1.40. The van der Waals surface area contributed by atoms with Gasteiger partial charge in [0.25, 0.3) is 0 Å². The number of amides is 1. The lowest BCUT2D eigenvalue weighted by atomic mass is 10.1. The van der Waals surface area contributed by atoms with E-state index in [0.29, 0.717) is 13.0 Å². The van der Waals surface area contributed by atoms with Crippen molar-refractivity contribution in [3.8, 4) is 0 Å². The maximum Gasteiger partial charge on any atom is 0.222 e. The zero-order valence-corrected chi connectivity index (χ0v) is 12.9. The van der Waals surface area contributed by atoms with Crippen LogP contribution in [0.4, 0.5) is 4.39 Å². The van der Waals surface area contributed by atoms with Crippen LogP contribution in [0.3, 0.4) is 0 Å². The average molecular weight is 313 g/mol. The predicted octanol–water partition coefficient (Wildman–Crippen LogP) is 2.31. The Hall–Kier alpha value is -1.43. The summed E-state index contributed by atoms with van der Waals surface area (Å²) in [5, 5.41) is -0.863. The summed E-state index contributed by atoms with van der Waals surface area (Å²) in [6.45, 7) is 2.47. The van der Waals surface area contributed by atoms with Gasteiger partial charge in [-0.2, -0.15) is 0 Å². The first kappa shape index (κ1) is 15.9. The van der Waals surface area contributed by atoms with Crippen LogP contribution < -0.4 is 0 Å². The Morgan fingerprint density at radius 3 is 2.71 bits per heavy atom. The normalized spacial score (nSPS) is 21.8. The minimum absolute atomic E-state index is 0.0260. The van der Waals surface area contributed by atoms with Crippen LogP contribution in [0.2, 0.25) is 0 Å². The quantitative estimate of drug-likeness (QED) is 0.860. The fourth-order valence-corrected chi connectivity index (χ4v) is 4.45. The summed E-state index contributed by atoms with van der Waals surface area (Å²) in [7, 11) is -3.45. The molecule has 0 N–H and O–H groups in total. The summed E-state index contributed by atoms with van der Waals surface area (Å²) >= 11 is 0. The molecule has 1 fully saturated rings. The number of halogens is 1. The van der Waals surface area contributed by atoms with Gasteiger partial charge in [0.1, 0.15) is 5.82 Å². The molecule has 0 radical (unpaired) electrons. The van der Waals surface area contributed by atoms with Gasteiger partial charge in [0.2, 0.25) is 5.91 Å². The lowest BCUT2D eigenvalue weighted by Crippen LogP contribution is -2.33. The first-order valence-corrected chi connectivity index (χ1v) is 8.91. The highest BCUT2D eigenvalue weighted by molar-refractivity contribution is 7.91. The maximum atomic E-state index is 13.9. The Morgan fingerprint density at radius 1 is 1.33 bits per heavy atom. The summed E-state index contributed by atoms with van der Waals surface area (Å²) in [4.78, 5) is 13.5. The molecule has 1 heterocycles. The number of benzene rings is 1. The Morgan fingerprint density at radius 2 is 2.05 bits per heavy atom. The lowest BCUT2D eigenvalue weighted by Gasteiger charge is -2.19. The van der Waals surface area contributed by atoms with Crippen molar-refractivity contribution in [3.05, 3.63) is 35.6 Å². The number of hydrogen-bond acceptors (Lipinski definition) is 3. The topological polar surface area (TPSA) is 54.5 Å². The SMILES string of the molecule is CCCC(=O)N1CCC(c2ccccc2F)S(=O)(=O)CC1. The van der Waals surface area contributed by atoms with Crippen LogP contribution in [0.5, 0.6) is 0 Å². The highest BCUT2D eigenvalue weighted by Gasteiger charge is 2.33. The van der Waals surface area contributed by atoms with Crippen molar-refractivity contribution in [1.82, 2.24) is 4.90 Å². The number of sulfone groups is 1. The molecule has 1 unspecified atom stereocenters. The Labute approximate surface area is 124 Å². The van der Waals surface area contributed by atoms with Crippen LogP contribution >= 0.6 is 0 Å². The molecule has 1 aliphatic rings. The van der Waals surface area contributed by atoms with Crippen molar-refractivity contribution < 1.29 is 17.6 Å². The van der Waals surface area contributed by atoms with Gasteiger partial charge >= 0.3 is 0 Å². The number of rotatable bonds is 3. The second-order valence-electron chi connectivity index (χ2n) is 5.30. The van der Waals surface area contributed by atoms with Crippen molar-refractivity contribution in [2.75, 3.05) is 18.8 Å². The summed E-state index contributed by atoms with van der Waals surface area (Å²) in [6, 6.07) is 5.97. The average Bonchev–Trinajstić information content (AvgIpc) is 2.58. The monoisotopic (exact) mass is 313 g/mol. The van der Waals surface area contributed by atoms with Crippen molar-refractivity contribution in [2.24, 2.45) is 0 Å². The van der Waals surface area contributed by atoms with Crippen molar-refractivity contribution in [3.63, 3.8) is 0 Å². The molecule has 6 heteroatoms. The van der Waals surface area contributed by atoms with Gasteiger partial charge in [0.15, 0.2) is 9.84 Å². The third-order valence-electron chi connectivity index (χ3n) is 3.81. The zero-order valence-electron chi connectivity index (χ0n) is 12.1. The summed E-state index contributed by atoms with van der Waals surface area (Å²) < 4.78 is 38.6. The van der Waals surface area contributed by atoms with E-state index in [1.807, 2.05) is 6.92 Å². The summed E-state index contributed by atoms with van der Waals surface area (Å²) in [5.41, 5.74) is 0.210. The van der Waals surface area contributed by atoms with Crippen LogP contribution in [-0.2, 0) is 14.6 Å². The smallest absolute Gasteiger partial charge is 0.222 e. The predicted molar refractivity (Wildman–Crippen MR) is 79.0 cm³/mol. The van der Waals surface area contributed by atoms with Crippen LogP contribution in [0.25, 0.3) is 0 Å². The largest absolute Gasteiger partial charge is 0.342 e. The van der Waals surface area contributed by atoms with Crippen LogP contribution in [-0.4, -0.2) is 38.1 Å². The Kier molecular flexibility index (Phi) is 4.98. The summed E-state index contributed by atoms with van der Waals surface area (Å²) in [5.74, 6) is -0.636. The molecule has 0 bridgehead atoms. The Balaban J connectivity index is 2.24. The first-order valence-electron chi connectivity index (χ1n) is 7.19. The molecule has 1 aromatic carbocycles. The van der Waals surface area contributed by atoms with Crippen LogP contribution in [0.15, 0.2) is 24.3 Å². The number of nitrogens with zero attached hydrogens (tertiary/aromatic N) is 1. The van der Waals surface area contributed by atoms with Gasteiger partial charge in [-0.1, -0.05) is 25.1 Å². The highest BCUT2D eigenvalue weighted by Crippen LogP contribution is 2.31. The van der Waals surface area contributed by atoms with Gasteiger partial charge in [0.05, 0.1) is 11.0 Å². The van der Waals surface area contributed by atoms with E-state index >= 15 is 0 Å². The second kappa shape index (κ2) is 6.56. The van der Waals surface area contributed by atoms with E-state index in [2.05, 4.69) is 0 Å². The Bertz CT molecular complexity index is 615. The highest BCUT2D eigenvalue weighted by atomic mass is 32.2. The standard InChI is InChI=1S/C15H20FNO3S/c1-2-5-15(18)17-9-8-14(21(19,20)11-10-17)12-6-3-4-7-13(12)16/h3-4,6-7,14H,2,5,8-11H2,1H3. The molecule has 1 saturated heterocycles. The fourth-order valence-electron chi connectivity index (χ4n) is 2.65. The molecular weight excluding hydrogens is 293 g/mol. The first-order chi connectivity index (χ1) is 9.95. The van der Waals surface area contributed by atoms with Gasteiger partial charge in [-0.3, -0.25) is 4.79 Å². The molecule has 1 amide bonds. The molecule has 1 aliphatic heterocycles. The molecule has 21 heavy (non-hydrogen) atoms. The van der Waals surface area contributed by atoms with Gasteiger partial charge in [0, 0.05) is 25.1 Å². The molecule has 4 nitrogen and oxygen atoms in total. The fraction of sp³-hybridized carbons (Fsp3) is 0.533. The minimum Gasteiger partial charge on any atom is -0.342 e. The van der Waals surface area contributed by atoms with Crippen molar-refractivity contribution in [2.45, 2.75) is 31.4 Å². The van der Waals surface area contributed by atoms with Gasteiger partial charge in [-0.15, -0.1) is 0 Å². The zero-order chi connectivity index (χ0) is 15.5. The number of carbonyl (C=O) groups is 1. The van der Waals surface area contributed by atoms with E-state index < -0.39 is 20.9 Å². The van der Waals surface area contributed by atoms with E-state index in [1.54, 1.807) is 17.0 Å². The minimum atomic E-state index is -3.45. The molecule has 2 rings (SSSR count). The number of hydrogen-bond donors (Lipinski definition) is 0. The van der Waals surface area contributed by atoms with Gasteiger partial charge in [-0.25, -0.2) is 12.8 Å². The van der Waals surface area contributed by atoms with Crippen molar-refractivity contribution in [1.29, 1.82) is 0 Å². The molecule has 0 saturated carbocycles. The second-order valence-corrected chi connectivity index (χ2v) is 7.60. The van der Waals surface area contributed by atoms with Crippen LogP contribution in [0, 0.1) is 5.82 Å². The van der Waals surface area contributed by atoms with Crippen LogP contribution in [0.1, 0.15) is 37.0 Å². The molecule has 0 spiro atoms. The third kappa shape index (κ3) is 3.61. The molecular formula is C15H20FNO3S. The molecule has 1 atom stereocenters. The van der Waals surface area contributed by atoms with E-state index in [-0.39, 0.29) is 30.2 Å². The molecule has 116 valence electrons.